The van der Waals surface area contributed by atoms with Crippen molar-refractivity contribution in [2.45, 2.75) is 44.8 Å². The van der Waals surface area contributed by atoms with E-state index in [4.69, 9.17) is 0 Å². The average molecular weight is 386 g/mol. The third-order valence-corrected chi connectivity index (χ3v) is 6.26. The van der Waals surface area contributed by atoms with E-state index >= 15 is 0 Å². The van der Waals surface area contributed by atoms with Crippen LogP contribution >= 0.6 is 0 Å². The van der Waals surface area contributed by atoms with Gasteiger partial charge in [0.15, 0.2) is 5.60 Å². The highest BCUT2D eigenvalue weighted by Gasteiger charge is 2.45. The van der Waals surface area contributed by atoms with Gasteiger partial charge in [0, 0.05) is 39.3 Å². The predicted octanol–water partition coefficient (Wildman–Crippen LogP) is 1.40. The van der Waals surface area contributed by atoms with Crippen LogP contribution in [0.25, 0.3) is 0 Å². The molecule has 1 aliphatic carbocycles. The first kappa shape index (κ1) is 19.4. The van der Waals surface area contributed by atoms with Crippen LogP contribution in [-0.4, -0.2) is 76.5 Å². The topological polar surface area (TPSA) is 64.1 Å². The predicted molar refractivity (Wildman–Crippen MR) is 107 cm³/mol. The van der Waals surface area contributed by atoms with Gasteiger partial charge in [-0.2, -0.15) is 0 Å². The fraction of sp³-hybridized carbons (Fsp3) is 0.636. The van der Waals surface area contributed by atoms with Crippen LogP contribution < -0.4 is 0 Å². The Hall–Kier alpha value is -1.92. The molecule has 1 aromatic rings. The second kappa shape index (κ2) is 7.84. The van der Waals surface area contributed by atoms with Crippen molar-refractivity contribution in [2.75, 3.05) is 39.3 Å². The highest BCUT2D eigenvalue weighted by Crippen LogP contribution is 2.33. The van der Waals surface area contributed by atoms with Gasteiger partial charge in [-0.15, -0.1) is 0 Å². The van der Waals surface area contributed by atoms with Gasteiger partial charge in [-0.05, 0) is 44.1 Å². The number of rotatable bonds is 6. The molecular weight excluding hydrogens is 354 g/mol. The molecule has 1 unspecified atom stereocenters. The first-order chi connectivity index (χ1) is 13.4. The Labute approximate surface area is 167 Å². The maximum absolute atomic E-state index is 12.9. The molecule has 4 rings (SSSR count). The smallest absolute Gasteiger partial charge is 0.255 e. The van der Waals surface area contributed by atoms with Crippen molar-refractivity contribution in [1.29, 1.82) is 0 Å². The summed E-state index contributed by atoms with van der Waals surface area (Å²) in [5.41, 5.74) is 0.997. The van der Waals surface area contributed by atoms with Crippen LogP contribution in [0.3, 0.4) is 0 Å². The lowest BCUT2D eigenvalue weighted by molar-refractivity contribution is -0.161. The van der Waals surface area contributed by atoms with Crippen molar-refractivity contribution in [2.24, 2.45) is 5.92 Å². The third kappa shape index (κ3) is 4.39. The zero-order valence-corrected chi connectivity index (χ0v) is 16.8. The standard InChI is InChI=1S/C22H31N3O3/c1-17-3-5-18(6-4-17)13-24-12-11-23(15-20(24)26)16-22(28)9-2-10-25(21(22)27)14-19-7-8-19/h3-6,19,28H,2,7-16H2,1H3. The van der Waals surface area contributed by atoms with Crippen molar-refractivity contribution in [3.8, 4) is 0 Å². The Morgan fingerprint density at radius 2 is 1.82 bits per heavy atom. The molecule has 2 heterocycles. The van der Waals surface area contributed by atoms with Crippen molar-refractivity contribution < 1.29 is 14.7 Å². The molecule has 0 spiro atoms. The molecule has 1 atom stereocenters. The minimum atomic E-state index is -1.34. The molecule has 28 heavy (non-hydrogen) atoms. The zero-order valence-electron chi connectivity index (χ0n) is 16.8. The quantitative estimate of drug-likeness (QED) is 0.804. The van der Waals surface area contributed by atoms with Gasteiger partial charge in [-0.3, -0.25) is 14.5 Å². The number of amides is 2. The van der Waals surface area contributed by atoms with Gasteiger partial charge in [0.25, 0.3) is 5.91 Å². The first-order valence-electron chi connectivity index (χ1n) is 10.5. The first-order valence-corrected chi connectivity index (χ1v) is 10.5. The molecule has 3 fully saturated rings. The second-order valence-electron chi connectivity index (χ2n) is 8.84. The molecule has 1 N–H and O–H groups in total. The molecule has 0 aromatic heterocycles. The Bertz CT molecular complexity index is 731. The lowest BCUT2D eigenvalue weighted by Crippen LogP contribution is -2.61. The lowest BCUT2D eigenvalue weighted by atomic mass is 9.90. The number of β-amino-alcohol motifs (C(OH)–C–C–N with tert-alkyl or cyclic N) is 1. The van der Waals surface area contributed by atoms with Gasteiger partial charge in [-0.25, -0.2) is 0 Å². The van der Waals surface area contributed by atoms with Crippen LogP contribution in [0.4, 0.5) is 0 Å². The molecule has 2 amide bonds. The highest BCUT2D eigenvalue weighted by molar-refractivity contribution is 5.86. The SMILES string of the molecule is Cc1ccc(CN2CCN(CC3(O)CCCN(CC4CC4)C3=O)CC2=O)cc1. The molecule has 3 aliphatic rings. The number of nitrogens with zero attached hydrogens (tertiary/aromatic N) is 3. The molecular formula is C22H31N3O3. The normalized spacial score (nSPS) is 26.8. The van der Waals surface area contributed by atoms with Crippen LogP contribution in [0.2, 0.25) is 0 Å². The van der Waals surface area contributed by atoms with Crippen molar-refractivity contribution >= 4 is 11.8 Å². The molecule has 1 saturated carbocycles. The molecule has 2 saturated heterocycles. The van der Waals surface area contributed by atoms with E-state index < -0.39 is 5.60 Å². The summed E-state index contributed by atoms with van der Waals surface area (Å²) in [5, 5.41) is 11.1. The van der Waals surface area contributed by atoms with Crippen LogP contribution in [-0.2, 0) is 16.1 Å². The maximum Gasteiger partial charge on any atom is 0.255 e. The minimum Gasteiger partial charge on any atom is -0.379 e. The largest absolute Gasteiger partial charge is 0.379 e. The summed E-state index contributed by atoms with van der Waals surface area (Å²) in [6.07, 6.45) is 3.71. The van der Waals surface area contributed by atoms with Crippen LogP contribution in [0, 0.1) is 12.8 Å². The zero-order chi connectivity index (χ0) is 19.7. The van der Waals surface area contributed by atoms with E-state index in [-0.39, 0.29) is 24.9 Å². The number of aryl methyl sites for hydroxylation is 1. The average Bonchev–Trinajstić information content (AvgIpc) is 3.47. The summed E-state index contributed by atoms with van der Waals surface area (Å²) in [5.74, 6) is 0.548. The lowest BCUT2D eigenvalue weighted by Gasteiger charge is -2.42. The van der Waals surface area contributed by atoms with E-state index in [9.17, 15) is 14.7 Å². The number of carbonyl (C=O) groups excluding carboxylic acids is 2. The summed E-state index contributed by atoms with van der Waals surface area (Å²) >= 11 is 0. The molecule has 1 aromatic carbocycles. The Kier molecular flexibility index (Phi) is 5.43. The van der Waals surface area contributed by atoms with Gasteiger partial charge in [0.2, 0.25) is 5.91 Å². The van der Waals surface area contributed by atoms with Gasteiger partial charge in [0.05, 0.1) is 6.54 Å². The summed E-state index contributed by atoms with van der Waals surface area (Å²) in [6, 6.07) is 8.25. The Morgan fingerprint density at radius 1 is 1.07 bits per heavy atom. The van der Waals surface area contributed by atoms with Gasteiger partial charge < -0.3 is 14.9 Å². The van der Waals surface area contributed by atoms with E-state index in [0.717, 1.165) is 25.1 Å². The highest BCUT2D eigenvalue weighted by atomic mass is 16.3. The van der Waals surface area contributed by atoms with E-state index in [1.807, 2.05) is 14.7 Å². The van der Waals surface area contributed by atoms with Crippen molar-refractivity contribution in [3.63, 3.8) is 0 Å². The maximum atomic E-state index is 12.9. The number of benzene rings is 1. The van der Waals surface area contributed by atoms with Crippen molar-refractivity contribution in [1.82, 2.24) is 14.7 Å². The number of piperidine rings is 1. The summed E-state index contributed by atoms with van der Waals surface area (Å²) < 4.78 is 0. The molecule has 0 radical (unpaired) electrons. The van der Waals surface area contributed by atoms with Crippen LogP contribution in [0.1, 0.15) is 36.8 Å². The minimum absolute atomic E-state index is 0.0634. The Balaban J connectivity index is 1.32. The Morgan fingerprint density at radius 3 is 2.50 bits per heavy atom. The molecule has 2 aliphatic heterocycles. The van der Waals surface area contributed by atoms with Crippen LogP contribution in [0.15, 0.2) is 24.3 Å². The van der Waals surface area contributed by atoms with E-state index in [2.05, 4.69) is 31.2 Å². The fourth-order valence-corrected chi connectivity index (χ4v) is 4.34. The van der Waals surface area contributed by atoms with E-state index in [1.54, 1.807) is 0 Å². The molecule has 6 heteroatoms. The number of hydrogen-bond donors (Lipinski definition) is 1. The molecule has 152 valence electrons. The van der Waals surface area contributed by atoms with Crippen molar-refractivity contribution in [3.05, 3.63) is 35.4 Å². The van der Waals surface area contributed by atoms with Gasteiger partial charge in [-0.1, -0.05) is 29.8 Å². The number of piperazine rings is 1. The number of aliphatic hydroxyl groups is 1. The van der Waals surface area contributed by atoms with Gasteiger partial charge in [0.1, 0.15) is 0 Å². The molecule has 6 nitrogen and oxygen atoms in total. The summed E-state index contributed by atoms with van der Waals surface area (Å²) in [6.45, 7) is 6.05. The van der Waals surface area contributed by atoms with E-state index in [0.29, 0.717) is 32.0 Å². The number of carbonyl (C=O) groups is 2. The monoisotopic (exact) mass is 385 g/mol. The second-order valence-corrected chi connectivity index (χ2v) is 8.84. The fourth-order valence-electron chi connectivity index (χ4n) is 4.34. The third-order valence-electron chi connectivity index (χ3n) is 6.26. The van der Waals surface area contributed by atoms with Crippen LogP contribution in [0.5, 0.6) is 0 Å². The number of hydrogen-bond acceptors (Lipinski definition) is 4. The summed E-state index contributed by atoms with van der Waals surface area (Å²) in [4.78, 5) is 31.1. The molecule has 0 bridgehead atoms. The van der Waals surface area contributed by atoms with Gasteiger partial charge >= 0.3 is 0 Å². The number of likely N-dealkylation sites (tertiary alicyclic amines) is 1. The van der Waals surface area contributed by atoms with E-state index in [1.165, 1.54) is 18.4 Å². The summed E-state index contributed by atoms with van der Waals surface area (Å²) in [7, 11) is 0.